The van der Waals surface area contributed by atoms with E-state index in [1.807, 2.05) is 0 Å². The van der Waals surface area contributed by atoms with Crippen LogP contribution in [0.5, 0.6) is 0 Å². The van der Waals surface area contributed by atoms with Crippen molar-refractivity contribution in [2.24, 2.45) is 0 Å². The minimum atomic E-state index is -1.20. The zero-order valence-corrected chi connectivity index (χ0v) is 47.9. The first-order valence-electron chi connectivity index (χ1n) is 32.2. The van der Waals surface area contributed by atoms with E-state index in [4.69, 9.17) is 0 Å². The molecule has 0 atom stereocenters. The maximum absolute atomic E-state index is 2.36. The summed E-state index contributed by atoms with van der Waals surface area (Å²) >= 11 is 0. The Morgan fingerprint density at radius 2 is 0.215 bits per heavy atom. The van der Waals surface area contributed by atoms with E-state index in [1.54, 1.807) is 69.6 Å². The Morgan fingerprint density at radius 3 is 0.323 bits per heavy atom. The molecule has 0 heterocycles. The molecule has 0 saturated carbocycles. The molecular weight excluding hydrogens is 800 g/mol. The van der Waals surface area contributed by atoms with E-state index in [0.29, 0.717) is 0 Å². The molecule has 0 amide bonds. The van der Waals surface area contributed by atoms with Gasteiger partial charge in [-0.05, 0) is 0 Å². The van der Waals surface area contributed by atoms with Crippen molar-refractivity contribution < 1.29 is 0 Å². The van der Waals surface area contributed by atoms with Crippen LogP contribution in [0.1, 0.15) is 387 Å². The third-order valence-corrected chi connectivity index (χ3v) is 21.9. The van der Waals surface area contributed by atoms with E-state index < -0.39 is 7.26 Å². The standard InChI is InChI=1S/C64H133P/c1-5-9-13-17-21-25-28-31-34-37-40-43-46-50-54-58-62-65(61-57-53-49-24-20-16-12-8-4,63-59-55-51-47-44-41-38-35-32-29-26-22-18-14-10-6-2)64-60-56-52-48-45-42-39-36-33-30-27-23-19-15-11-7-3/h65H,5-64H2,1-4H3. The number of rotatable bonds is 60. The van der Waals surface area contributed by atoms with Crippen LogP contribution in [0, 0.1) is 0 Å². The second-order valence-electron chi connectivity index (χ2n) is 22.9. The summed E-state index contributed by atoms with van der Waals surface area (Å²) in [4.78, 5) is 0. The van der Waals surface area contributed by atoms with Crippen LogP contribution in [-0.2, 0) is 0 Å². The van der Waals surface area contributed by atoms with Crippen LogP contribution in [0.15, 0.2) is 0 Å². The predicted octanol–water partition coefficient (Wildman–Crippen LogP) is 24.7. The van der Waals surface area contributed by atoms with Gasteiger partial charge in [0.25, 0.3) is 0 Å². The molecule has 0 aliphatic rings. The van der Waals surface area contributed by atoms with Crippen LogP contribution >= 0.6 is 7.26 Å². The predicted molar refractivity (Wildman–Crippen MR) is 309 cm³/mol. The number of hydrogen-bond acceptors (Lipinski definition) is 0. The van der Waals surface area contributed by atoms with Gasteiger partial charge in [0.05, 0.1) is 0 Å². The van der Waals surface area contributed by atoms with Gasteiger partial charge in [0.1, 0.15) is 0 Å². The second-order valence-corrected chi connectivity index (χ2v) is 27.9. The molecule has 0 rings (SSSR count). The van der Waals surface area contributed by atoms with Gasteiger partial charge in [0, 0.05) is 0 Å². The monoisotopic (exact) mass is 933 g/mol. The van der Waals surface area contributed by atoms with Crippen molar-refractivity contribution in [3.63, 3.8) is 0 Å². The van der Waals surface area contributed by atoms with Crippen LogP contribution in [0.3, 0.4) is 0 Å². The van der Waals surface area contributed by atoms with Crippen LogP contribution < -0.4 is 0 Å². The maximum atomic E-state index is 2.36. The summed E-state index contributed by atoms with van der Waals surface area (Å²) in [6, 6.07) is 0. The fraction of sp³-hybridized carbons (Fsp3) is 1.00. The Kier molecular flexibility index (Phi) is 59.1. The summed E-state index contributed by atoms with van der Waals surface area (Å²) in [6.07, 6.45) is 90.5. The molecule has 1 heteroatoms. The van der Waals surface area contributed by atoms with Crippen molar-refractivity contribution >= 4 is 7.26 Å². The molecule has 0 unspecified atom stereocenters. The van der Waals surface area contributed by atoms with Gasteiger partial charge in [-0.25, -0.2) is 0 Å². The Hall–Kier alpha value is 0.430. The summed E-state index contributed by atoms with van der Waals surface area (Å²) in [5, 5.41) is 0. The fourth-order valence-electron chi connectivity index (χ4n) is 11.5. The molecule has 0 spiro atoms. The van der Waals surface area contributed by atoms with Crippen molar-refractivity contribution in [2.45, 2.75) is 387 Å². The van der Waals surface area contributed by atoms with E-state index in [1.165, 1.54) is 315 Å². The van der Waals surface area contributed by atoms with Gasteiger partial charge < -0.3 is 0 Å². The van der Waals surface area contributed by atoms with Crippen LogP contribution in [0.25, 0.3) is 0 Å². The van der Waals surface area contributed by atoms with Gasteiger partial charge in [-0.2, -0.15) is 0 Å². The van der Waals surface area contributed by atoms with Gasteiger partial charge in [-0.1, -0.05) is 117 Å². The zero-order chi connectivity index (χ0) is 46.9. The van der Waals surface area contributed by atoms with E-state index in [-0.39, 0.29) is 0 Å². The van der Waals surface area contributed by atoms with Crippen molar-refractivity contribution in [1.82, 2.24) is 0 Å². The van der Waals surface area contributed by atoms with E-state index in [0.717, 1.165) is 0 Å². The van der Waals surface area contributed by atoms with Crippen LogP contribution in [-0.4, -0.2) is 24.6 Å². The fourth-order valence-corrected chi connectivity index (χ4v) is 17.0. The molecule has 0 radical (unpaired) electrons. The van der Waals surface area contributed by atoms with Crippen molar-refractivity contribution in [3.05, 3.63) is 0 Å². The van der Waals surface area contributed by atoms with Gasteiger partial charge in [0.15, 0.2) is 0 Å². The van der Waals surface area contributed by atoms with Crippen LogP contribution in [0.2, 0.25) is 0 Å². The summed E-state index contributed by atoms with van der Waals surface area (Å²) < 4.78 is 0. The van der Waals surface area contributed by atoms with Crippen molar-refractivity contribution in [1.29, 1.82) is 0 Å². The van der Waals surface area contributed by atoms with Gasteiger partial charge in [0.2, 0.25) is 0 Å². The molecule has 0 aliphatic carbocycles. The average Bonchev–Trinajstić information content (AvgIpc) is 3.32. The molecule has 65 heavy (non-hydrogen) atoms. The normalized spacial score (nSPS) is 12.2. The third-order valence-electron chi connectivity index (χ3n) is 16.2. The van der Waals surface area contributed by atoms with Crippen LogP contribution in [0.4, 0.5) is 0 Å². The molecule has 0 fully saturated rings. The summed E-state index contributed by atoms with van der Waals surface area (Å²) in [5.74, 6) is 0. The number of hydrogen-bond donors (Lipinski definition) is 0. The third kappa shape index (κ3) is 53.6. The molecule has 394 valence electrons. The molecule has 0 aromatic rings. The first-order chi connectivity index (χ1) is 32.2. The zero-order valence-electron chi connectivity index (χ0n) is 46.9. The average molecular weight is 934 g/mol. The Bertz CT molecular complexity index is 715. The smallest absolute Gasteiger partial charge is 0.0654 e. The molecule has 0 aromatic heterocycles. The van der Waals surface area contributed by atoms with Crippen molar-refractivity contribution in [2.75, 3.05) is 24.6 Å². The Morgan fingerprint density at radius 1 is 0.123 bits per heavy atom. The first kappa shape index (κ1) is 65.4. The minimum Gasteiger partial charge on any atom is -0.0654 e. The first-order valence-corrected chi connectivity index (χ1v) is 35.1. The second kappa shape index (κ2) is 58.7. The molecule has 0 bridgehead atoms. The molecule has 0 aliphatic heterocycles. The summed E-state index contributed by atoms with van der Waals surface area (Å²) in [5.41, 5.74) is 0. The number of unbranched alkanes of at least 4 members (excludes halogenated alkanes) is 52. The summed E-state index contributed by atoms with van der Waals surface area (Å²) in [7, 11) is -1.20. The van der Waals surface area contributed by atoms with Gasteiger partial charge in [-0.3, -0.25) is 0 Å². The van der Waals surface area contributed by atoms with E-state index in [2.05, 4.69) is 27.7 Å². The molecular formula is C64H133P. The Balaban J connectivity index is 4.79. The molecule has 0 aromatic carbocycles. The molecule has 0 nitrogen and oxygen atoms in total. The molecule has 0 saturated heterocycles. The van der Waals surface area contributed by atoms with E-state index >= 15 is 0 Å². The Labute approximate surface area is 417 Å². The molecule has 0 N–H and O–H groups in total. The summed E-state index contributed by atoms with van der Waals surface area (Å²) in [6.45, 7) is 9.36. The minimum absolute atomic E-state index is 1.20. The van der Waals surface area contributed by atoms with Gasteiger partial charge >= 0.3 is 302 Å². The quantitative estimate of drug-likeness (QED) is 0.0421. The van der Waals surface area contributed by atoms with E-state index in [9.17, 15) is 0 Å². The van der Waals surface area contributed by atoms with Gasteiger partial charge in [-0.15, -0.1) is 0 Å². The van der Waals surface area contributed by atoms with Crippen molar-refractivity contribution in [3.8, 4) is 0 Å². The topological polar surface area (TPSA) is 0 Å². The SMILES string of the molecule is CCCCCCCCCCCCCCCCCC[PH](CCCCCCCCCC)(CCCCCCCCCCCCCCCCCC)CCCCCCCCCCCCCCCCCC.